The van der Waals surface area contributed by atoms with E-state index in [1.165, 1.54) is 5.56 Å². The molecule has 1 aromatic carbocycles. The lowest BCUT2D eigenvalue weighted by Crippen LogP contribution is -2.30. The zero-order valence-electron chi connectivity index (χ0n) is 8.36. The summed E-state index contributed by atoms with van der Waals surface area (Å²) in [5, 5.41) is 6.89. The van der Waals surface area contributed by atoms with E-state index in [4.69, 9.17) is 4.74 Å². The standard InChI is InChI=1S/C11H16N2O/c1-14-8-10-7-12-11(13-10)9-5-3-2-4-6-9/h2-6,10-13H,7-8H2,1H3/t10-,11+/m0/s1. The van der Waals surface area contributed by atoms with Crippen molar-refractivity contribution < 1.29 is 4.74 Å². The second kappa shape index (κ2) is 4.55. The van der Waals surface area contributed by atoms with E-state index in [2.05, 4.69) is 34.9 Å². The first-order chi connectivity index (χ1) is 6.90. The Morgan fingerprint density at radius 2 is 2.14 bits per heavy atom. The Hall–Kier alpha value is -0.900. The Labute approximate surface area is 84.5 Å². The topological polar surface area (TPSA) is 33.3 Å². The van der Waals surface area contributed by atoms with E-state index in [0.717, 1.165) is 13.2 Å². The highest BCUT2D eigenvalue weighted by molar-refractivity contribution is 5.19. The Morgan fingerprint density at radius 3 is 2.86 bits per heavy atom. The van der Waals surface area contributed by atoms with Gasteiger partial charge in [0.2, 0.25) is 0 Å². The molecule has 0 unspecified atom stereocenters. The predicted molar refractivity (Wildman–Crippen MR) is 56.0 cm³/mol. The SMILES string of the molecule is COC[C@@H]1CN[C@@H](c2ccccc2)N1. The smallest absolute Gasteiger partial charge is 0.0839 e. The average molecular weight is 192 g/mol. The van der Waals surface area contributed by atoms with Crippen LogP contribution in [-0.2, 0) is 4.74 Å². The highest BCUT2D eigenvalue weighted by Crippen LogP contribution is 2.14. The minimum atomic E-state index is 0.274. The number of benzene rings is 1. The molecule has 1 saturated heterocycles. The molecule has 3 nitrogen and oxygen atoms in total. The molecule has 76 valence electrons. The maximum atomic E-state index is 5.11. The van der Waals surface area contributed by atoms with Gasteiger partial charge in [0.1, 0.15) is 0 Å². The molecule has 0 bridgehead atoms. The summed E-state index contributed by atoms with van der Waals surface area (Å²) in [7, 11) is 1.73. The van der Waals surface area contributed by atoms with Crippen LogP contribution < -0.4 is 10.6 Å². The van der Waals surface area contributed by atoms with Gasteiger partial charge in [-0.25, -0.2) is 0 Å². The molecule has 0 radical (unpaired) electrons. The molecule has 0 aliphatic carbocycles. The fourth-order valence-corrected chi connectivity index (χ4v) is 1.78. The number of hydrogen-bond donors (Lipinski definition) is 2. The summed E-state index contributed by atoms with van der Waals surface area (Å²) in [5.74, 6) is 0. The molecule has 0 spiro atoms. The number of methoxy groups -OCH3 is 1. The third-order valence-electron chi connectivity index (χ3n) is 2.47. The van der Waals surface area contributed by atoms with Gasteiger partial charge in [-0.15, -0.1) is 0 Å². The maximum Gasteiger partial charge on any atom is 0.0839 e. The van der Waals surface area contributed by atoms with E-state index in [0.29, 0.717) is 6.04 Å². The fourth-order valence-electron chi connectivity index (χ4n) is 1.78. The van der Waals surface area contributed by atoms with Gasteiger partial charge in [-0.2, -0.15) is 0 Å². The van der Waals surface area contributed by atoms with Gasteiger partial charge in [-0.3, -0.25) is 10.6 Å². The molecule has 1 aliphatic rings. The molecule has 3 heteroatoms. The van der Waals surface area contributed by atoms with Gasteiger partial charge >= 0.3 is 0 Å². The van der Waals surface area contributed by atoms with E-state index in [-0.39, 0.29) is 6.17 Å². The molecule has 1 fully saturated rings. The second-order valence-electron chi connectivity index (χ2n) is 3.57. The first-order valence-electron chi connectivity index (χ1n) is 4.93. The van der Waals surface area contributed by atoms with E-state index in [1.54, 1.807) is 7.11 Å². The van der Waals surface area contributed by atoms with Crippen molar-refractivity contribution in [2.45, 2.75) is 12.2 Å². The molecule has 0 saturated carbocycles. The molecular formula is C11H16N2O. The summed E-state index contributed by atoms with van der Waals surface area (Å²) in [6.07, 6.45) is 0.274. The van der Waals surface area contributed by atoms with E-state index >= 15 is 0 Å². The van der Waals surface area contributed by atoms with Crippen LogP contribution in [0.25, 0.3) is 0 Å². The molecule has 0 aromatic heterocycles. The van der Waals surface area contributed by atoms with Crippen LogP contribution in [0, 0.1) is 0 Å². The van der Waals surface area contributed by atoms with Crippen molar-refractivity contribution in [3.63, 3.8) is 0 Å². The summed E-state index contributed by atoms with van der Waals surface area (Å²) in [4.78, 5) is 0. The quantitative estimate of drug-likeness (QED) is 0.746. The van der Waals surface area contributed by atoms with E-state index < -0.39 is 0 Å². The van der Waals surface area contributed by atoms with Gasteiger partial charge < -0.3 is 4.74 Å². The Morgan fingerprint density at radius 1 is 1.36 bits per heavy atom. The van der Waals surface area contributed by atoms with Crippen LogP contribution in [0.15, 0.2) is 30.3 Å². The molecule has 1 heterocycles. The van der Waals surface area contributed by atoms with Crippen molar-refractivity contribution >= 4 is 0 Å². The lowest BCUT2D eigenvalue weighted by molar-refractivity contribution is 0.175. The molecule has 14 heavy (non-hydrogen) atoms. The van der Waals surface area contributed by atoms with Crippen molar-refractivity contribution in [2.75, 3.05) is 20.3 Å². The van der Waals surface area contributed by atoms with Crippen molar-refractivity contribution in [2.24, 2.45) is 0 Å². The lowest BCUT2D eigenvalue weighted by atomic mass is 10.2. The van der Waals surface area contributed by atoms with Gasteiger partial charge in [-0.05, 0) is 5.56 Å². The first kappa shape index (κ1) is 9.65. The second-order valence-corrected chi connectivity index (χ2v) is 3.57. The van der Waals surface area contributed by atoms with Crippen LogP contribution in [0.2, 0.25) is 0 Å². The van der Waals surface area contributed by atoms with Crippen LogP contribution in [0.4, 0.5) is 0 Å². The monoisotopic (exact) mass is 192 g/mol. The number of ether oxygens (including phenoxy) is 1. The maximum absolute atomic E-state index is 5.11. The highest BCUT2D eigenvalue weighted by atomic mass is 16.5. The van der Waals surface area contributed by atoms with Crippen molar-refractivity contribution in [1.29, 1.82) is 0 Å². The highest BCUT2D eigenvalue weighted by Gasteiger charge is 2.23. The molecule has 2 rings (SSSR count). The van der Waals surface area contributed by atoms with Crippen LogP contribution in [0.1, 0.15) is 11.7 Å². The summed E-state index contributed by atoms with van der Waals surface area (Å²) in [6, 6.07) is 10.8. The van der Waals surface area contributed by atoms with Crippen molar-refractivity contribution in [1.82, 2.24) is 10.6 Å². The van der Waals surface area contributed by atoms with Crippen LogP contribution >= 0.6 is 0 Å². The van der Waals surface area contributed by atoms with Crippen LogP contribution in [0.3, 0.4) is 0 Å². The Bertz CT molecular complexity index is 276. The molecule has 2 N–H and O–H groups in total. The number of hydrogen-bond acceptors (Lipinski definition) is 3. The van der Waals surface area contributed by atoms with Crippen LogP contribution in [-0.4, -0.2) is 26.3 Å². The Kier molecular flexibility index (Phi) is 3.14. The molecule has 1 aliphatic heterocycles. The predicted octanol–water partition coefficient (Wildman–Crippen LogP) is 0.893. The van der Waals surface area contributed by atoms with Gasteiger partial charge in [0.15, 0.2) is 0 Å². The van der Waals surface area contributed by atoms with Gasteiger partial charge in [-0.1, -0.05) is 30.3 Å². The van der Waals surface area contributed by atoms with Crippen molar-refractivity contribution in [3.8, 4) is 0 Å². The summed E-state index contributed by atoms with van der Waals surface area (Å²) in [5.41, 5.74) is 1.28. The van der Waals surface area contributed by atoms with Gasteiger partial charge in [0.05, 0.1) is 12.8 Å². The largest absolute Gasteiger partial charge is 0.383 e. The third-order valence-corrected chi connectivity index (χ3v) is 2.47. The lowest BCUT2D eigenvalue weighted by Gasteiger charge is -2.12. The number of nitrogens with one attached hydrogen (secondary N) is 2. The van der Waals surface area contributed by atoms with Crippen LogP contribution in [0.5, 0.6) is 0 Å². The minimum absolute atomic E-state index is 0.274. The third kappa shape index (κ3) is 2.12. The average Bonchev–Trinajstić information content (AvgIpc) is 2.68. The molecular weight excluding hydrogens is 176 g/mol. The normalized spacial score (nSPS) is 26.6. The van der Waals surface area contributed by atoms with E-state index in [9.17, 15) is 0 Å². The zero-order valence-corrected chi connectivity index (χ0v) is 8.36. The molecule has 1 aromatic rings. The molecule has 2 atom stereocenters. The summed E-state index contributed by atoms with van der Waals surface area (Å²) in [6.45, 7) is 1.73. The van der Waals surface area contributed by atoms with Crippen molar-refractivity contribution in [3.05, 3.63) is 35.9 Å². The first-order valence-corrected chi connectivity index (χ1v) is 4.93. The summed E-state index contributed by atoms with van der Waals surface area (Å²) >= 11 is 0. The number of rotatable bonds is 3. The van der Waals surface area contributed by atoms with Gasteiger partial charge in [0.25, 0.3) is 0 Å². The fraction of sp³-hybridized carbons (Fsp3) is 0.455. The molecule has 0 amide bonds. The Balaban J connectivity index is 1.96. The van der Waals surface area contributed by atoms with E-state index in [1.807, 2.05) is 6.07 Å². The van der Waals surface area contributed by atoms with Gasteiger partial charge in [0, 0.05) is 19.7 Å². The minimum Gasteiger partial charge on any atom is -0.383 e. The summed E-state index contributed by atoms with van der Waals surface area (Å²) < 4.78 is 5.11. The zero-order chi connectivity index (χ0) is 9.80.